The van der Waals surface area contributed by atoms with Gasteiger partial charge in [0, 0.05) is 13.0 Å². The lowest BCUT2D eigenvalue weighted by molar-refractivity contribution is -0.123. The second-order valence-electron chi connectivity index (χ2n) is 6.00. The topological polar surface area (TPSA) is 73.6 Å². The molecule has 0 spiro atoms. The van der Waals surface area contributed by atoms with Crippen LogP contribution in [0.4, 0.5) is 0 Å². The van der Waals surface area contributed by atoms with Crippen LogP contribution in [0.5, 0.6) is 11.5 Å². The first-order valence-corrected chi connectivity index (χ1v) is 7.58. The summed E-state index contributed by atoms with van der Waals surface area (Å²) in [5, 5.41) is 3.04. The van der Waals surface area contributed by atoms with E-state index in [9.17, 15) is 4.79 Å². The number of ether oxygens (including phenoxy) is 2. The van der Waals surface area contributed by atoms with Crippen molar-refractivity contribution < 1.29 is 14.3 Å². The molecule has 0 aliphatic heterocycles. The van der Waals surface area contributed by atoms with Crippen LogP contribution in [0.1, 0.15) is 32.8 Å². The Morgan fingerprint density at radius 1 is 1.30 bits per heavy atom. The first-order chi connectivity index (χ1) is 10.4. The molecule has 0 fully saturated rings. The van der Waals surface area contributed by atoms with Gasteiger partial charge < -0.3 is 20.5 Å². The van der Waals surface area contributed by atoms with Crippen LogP contribution < -0.4 is 20.5 Å². The molecule has 0 saturated carbocycles. The number of nitrogens with two attached hydrogens (primary N) is 1. The van der Waals surface area contributed by atoms with E-state index >= 15 is 0 Å². The molecule has 1 aromatic carbocycles. The summed E-state index contributed by atoms with van der Waals surface area (Å²) >= 11 is 0. The van der Waals surface area contributed by atoms with E-state index in [0.717, 1.165) is 17.1 Å². The number of aryl methyl sites for hydroxylation is 1. The van der Waals surface area contributed by atoms with E-state index in [2.05, 4.69) is 19.2 Å². The third-order valence-electron chi connectivity index (χ3n) is 4.23. The highest BCUT2D eigenvalue weighted by molar-refractivity contribution is 5.85. The third kappa shape index (κ3) is 5.92. The summed E-state index contributed by atoms with van der Waals surface area (Å²) in [5.41, 5.74) is 6.37. The fourth-order valence-electron chi connectivity index (χ4n) is 2.14. The van der Waals surface area contributed by atoms with Crippen molar-refractivity contribution in [2.45, 2.75) is 39.2 Å². The number of carbonyl (C=O) groups excluding carboxylic acids is 1. The lowest BCUT2D eigenvalue weighted by Gasteiger charge is -2.33. The number of methoxy groups -OCH3 is 2. The van der Waals surface area contributed by atoms with Gasteiger partial charge in [-0.1, -0.05) is 13.8 Å². The molecule has 0 aliphatic rings. The standard InChI is InChI=1S/C17H28N2O3.ClH/c1-12(2)17(3,11-18)19-16(20)9-6-13-10-14(21-4)7-8-15(13)22-5;/h7-8,10,12H,6,9,11,18H2,1-5H3,(H,19,20);1H. The van der Waals surface area contributed by atoms with Crippen molar-refractivity contribution >= 4 is 18.3 Å². The highest BCUT2D eigenvalue weighted by Crippen LogP contribution is 2.25. The molecule has 1 rings (SSSR count). The summed E-state index contributed by atoms with van der Waals surface area (Å²) in [6.07, 6.45) is 0.969. The van der Waals surface area contributed by atoms with Crippen LogP contribution in [0.15, 0.2) is 18.2 Å². The maximum absolute atomic E-state index is 12.2. The Hall–Kier alpha value is -1.46. The van der Waals surface area contributed by atoms with Crippen LogP contribution in [0, 0.1) is 5.92 Å². The van der Waals surface area contributed by atoms with E-state index in [1.54, 1.807) is 14.2 Å². The Morgan fingerprint density at radius 2 is 1.96 bits per heavy atom. The van der Waals surface area contributed by atoms with Gasteiger partial charge in [0.05, 0.1) is 19.8 Å². The zero-order valence-corrected chi connectivity index (χ0v) is 15.5. The summed E-state index contributed by atoms with van der Waals surface area (Å²) < 4.78 is 10.5. The van der Waals surface area contributed by atoms with E-state index in [-0.39, 0.29) is 29.8 Å². The van der Waals surface area contributed by atoms with E-state index in [4.69, 9.17) is 15.2 Å². The first kappa shape index (κ1) is 21.5. The molecule has 0 heterocycles. The number of halogens is 1. The fourth-order valence-corrected chi connectivity index (χ4v) is 2.14. The van der Waals surface area contributed by atoms with E-state index < -0.39 is 0 Å². The van der Waals surface area contributed by atoms with Crippen LogP contribution in [0.3, 0.4) is 0 Å². The normalized spacial score (nSPS) is 13.0. The van der Waals surface area contributed by atoms with Gasteiger partial charge in [-0.25, -0.2) is 0 Å². The molecule has 1 amide bonds. The van der Waals surface area contributed by atoms with Gasteiger partial charge in [0.25, 0.3) is 0 Å². The zero-order valence-electron chi connectivity index (χ0n) is 14.6. The molecule has 0 aromatic heterocycles. The Balaban J connectivity index is 0.00000484. The second kappa shape index (κ2) is 9.63. The van der Waals surface area contributed by atoms with Gasteiger partial charge in [-0.05, 0) is 43.0 Å². The van der Waals surface area contributed by atoms with Crippen molar-refractivity contribution in [3.05, 3.63) is 23.8 Å². The predicted molar refractivity (Wildman–Crippen MR) is 95.6 cm³/mol. The molecule has 132 valence electrons. The summed E-state index contributed by atoms with van der Waals surface area (Å²) in [6, 6.07) is 5.59. The quantitative estimate of drug-likeness (QED) is 0.760. The molecule has 1 atom stereocenters. The van der Waals surface area contributed by atoms with Gasteiger partial charge in [-0.2, -0.15) is 0 Å². The summed E-state index contributed by atoms with van der Waals surface area (Å²) in [4.78, 5) is 12.2. The molecule has 23 heavy (non-hydrogen) atoms. The number of hydrogen-bond donors (Lipinski definition) is 2. The molecule has 6 heteroatoms. The Bertz CT molecular complexity index is 509. The van der Waals surface area contributed by atoms with Crippen LogP contribution in [0.25, 0.3) is 0 Å². The monoisotopic (exact) mass is 344 g/mol. The first-order valence-electron chi connectivity index (χ1n) is 7.58. The smallest absolute Gasteiger partial charge is 0.220 e. The van der Waals surface area contributed by atoms with Gasteiger partial charge in [0.1, 0.15) is 11.5 Å². The molecule has 0 radical (unpaired) electrons. The fraction of sp³-hybridized carbons (Fsp3) is 0.588. The maximum Gasteiger partial charge on any atom is 0.220 e. The lowest BCUT2D eigenvalue weighted by Crippen LogP contribution is -2.55. The van der Waals surface area contributed by atoms with E-state index in [1.165, 1.54) is 0 Å². The summed E-state index contributed by atoms with van der Waals surface area (Å²) in [5.74, 6) is 1.78. The van der Waals surface area contributed by atoms with Crippen molar-refractivity contribution in [1.82, 2.24) is 5.32 Å². The average Bonchev–Trinajstić information content (AvgIpc) is 2.52. The molecule has 0 bridgehead atoms. The molecular weight excluding hydrogens is 316 g/mol. The van der Waals surface area contributed by atoms with Gasteiger partial charge in [-0.15, -0.1) is 12.4 Å². The van der Waals surface area contributed by atoms with Crippen molar-refractivity contribution in [1.29, 1.82) is 0 Å². The molecular formula is C17H29ClN2O3. The van der Waals surface area contributed by atoms with Crippen molar-refractivity contribution in [2.24, 2.45) is 11.7 Å². The van der Waals surface area contributed by atoms with Crippen LogP contribution in [0.2, 0.25) is 0 Å². The number of benzene rings is 1. The Morgan fingerprint density at radius 3 is 2.43 bits per heavy atom. The van der Waals surface area contributed by atoms with Gasteiger partial charge in [0.15, 0.2) is 0 Å². The minimum absolute atomic E-state index is 0. The minimum Gasteiger partial charge on any atom is -0.497 e. The molecule has 0 aliphatic carbocycles. The number of rotatable bonds is 8. The number of hydrogen-bond acceptors (Lipinski definition) is 4. The van der Waals surface area contributed by atoms with Crippen LogP contribution >= 0.6 is 12.4 Å². The largest absolute Gasteiger partial charge is 0.497 e. The summed E-state index contributed by atoms with van der Waals surface area (Å²) in [7, 11) is 3.24. The molecule has 5 nitrogen and oxygen atoms in total. The highest BCUT2D eigenvalue weighted by Gasteiger charge is 2.28. The number of amides is 1. The Labute approximate surface area is 145 Å². The predicted octanol–water partition coefficient (Wildman–Crippen LogP) is 2.55. The lowest BCUT2D eigenvalue weighted by atomic mass is 9.88. The van der Waals surface area contributed by atoms with Gasteiger partial charge in [-0.3, -0.25) is 4.79 Å². The SMILES string of the molecule is COc1ccc(OC)c(CCC(=O)NC(C)(CN)C(C)C)c1.Cl. The third-order valence-corrected chi connectivity index (χ3v) is 4.23. The highest BCUT2D eigenvalue weighted by atomic mass is 35.5. The van der Waals surface area contributed by atoms with Crippen molar-refractivity contribution in [2.75, 3.05) is 20.8 Å². The zero-order chi connectivity index (χ0) is 16.8. The molecule has 1 unspecified atom stereocenters. The number of carbonyl (C=O) groups is 1. The van der Waals surface area contributed by atoms with Crippen LogP contribution in [-0.4, -0.2) is 32.2 Å². The molecule has 1 aromatic rings. The molecule has 3 N–H and O–H groups in total. The summed E-state index contributed by atoms with van der Waals surface area (Å²) in [6.45, 7) is 6.50. The molecule has 0 saturated heterocycles. The van der Waals surface area contributed by atoms with Crippen LogP contribution in [-0.2, 0) is 11.2 Å². The van der Waals surface area contributed by atoms with Gasteiger partial charge >= 0.3 is 0 Å². The van der Waals surface area contributed by atoms with Gasteiger partial charge in [0.2, 0.25) is 5.91 Å². The Kier molecular flexibility index (Phi) is 9.02. The average molecular weight is 345 g/mol. The van der Waals surface area contributed by atoms with Crippen molar-refractivity contribution in [3.63, 3.8) is 0 Å². The van der Waals surface area contributed by atoms with Crippen molar-refractivity contribution in [3.8, 4) is 11.5 Å². The number of nitrogens with one attached hydrogen (secondary N) is 1. The second-order valence-corrected chi connectivity index (χ2v) is 6.00. The van der Waals surface area contributed by atoms with E-state index in [0.29, 0.717) is 19.4 Å². The minimum atomic E-state index is -0.379. The van der Waals surface area contributed by atoms with E-state index in [1.807, 2.05) is 25.1 Å². The maximum atomic E-state index is 12.2.